The van der Waals surface area contributed by atoms with Crippen LogP contribution in [-0.4, -0.2) is 37.7 Å². The summed E-state index contributed by atoms with van der Waals surface area (Å²) >= 11 is 5.04. The molecule has 0 saturated heterocycles. The molecule has 0 atom stereocenters. The number of urea groups is 1. The summed E-state index contributed by atoms with van der Waals surface area (Å²) in [4.78, 5) is 14.8. The molecule has 0 saturated carbocycles. The zero-order chi connectivity index (χ0) is 13.7. The second kappa shape index (κ2) is 7.07. The number of amides is 2. The Morgan fingerprint density at radius 2 is 2.42 bits per heavy atom. The number of hydrogen-bond acceptors (Lipinski definition) is 3. The normalized spacial score (nSPS) is 14.9. The standard InChI is InChI=1S/C13H17BrN2O2S/c1-16(8-10-3-2-6-18-9-10)13(17)15-7-11-4-5-12(14)19-11/h3-5H,2,6-9H2,1H3,(H,15,17). The average molecular weight is 345 g/mol. The number of nitrogens with zero attached hydrogens (tertiary/aromatic N) is 1. The highest BCUT2D eigenvalue weighted by atomic mass is 79.9. The molecule has 0 bridgehead atoms. The maximum atomic E-state index is 11.9. The Balaban J connectivity index is 1.77. The number of ether oxygens (including phenoxy) is 1. The minimum Gasteiger partial charge on any atom is -0.377 e. The molecule has 4 nitrogen and oxygen atoms in total. The van der Waals surface area contributed by atoms with E-state index in [1.54, 1.807) is 23.3 Å². The van der Waals surface area contributed by atoms with Crippen LogP contribution in [0.4, 0.5) is 4.79 Å². The van der Waals surface area contributed by atoms with Crippen molar-refractivity contribution in [2.75, 3.05) is 26.8 Å². The van der Waals surface area contributed by atoms with Crippen LogP contribution in [0.5, 0.6) is 0 Å². The van der Waals surface area contributed by atoms with Gasteiger partial charge in [-0.15, -0.1) is 11.3 Å². The van der Waals surface area contributed by atoms with Gasteiger partial charge < -0.3 is 15.0 Å². The molecule has 19 heavy (non-hydrogen) atoms. The van der Waals surface area contributed by atoms with Gasteiger partial charge in [-0.05, 0) is 40.1 Å². The van der Waals surface area contributed by atoms with Gasteiger partial charge in [0.05, 0.1) is 23.5 Å². The first-order valence-corrected chi connectivity index (χ1v) is 7.75. The van der Waals surface area contributed by atoms with Crippen LogP contribution in [0.25, 0.3) is 0 Å². The van der Waals surface area contributed by atoms with Crippen molar-refractivity contribution in [2.24, 2.45) is 0 Å². The third kappa shape index (κ3) is 4.63. The number of hydrogen-bond donors (Lipinski definition) is 1. The third-order valence-corrected chi connectivity index (χ3v) is 4.44. The zero-order valence-electron chi connectivity index (χ0n) is 10.8. The van der Waals surface area contributed by atoms with Gasteiger partial charge in [-0.2, -0.15) is 0 Å². The molecule has 6 heteroatoms. The lowest BCUT2D eigenvalue weighted by molar-refractivity contribution is 0.144. The lowest BCUT2D eigenvalue weighted by atomic mass is 10.2. The van der Waals surface area contributed by atoms with Gasteiger partial charge in [0.1, 0.15) is 0 Å². The van der Waals surface area contributed by atoms with Crippen molar-refractivity contribution in [3.63, 3.8) is 0 Å². The summed E-state index contributed by atoms with van der Waals surface area (Å²) in [6.45, 7) is 2.61. The van der Waals surface area contributed by atoms with Crippen molar-refractivity contribution in [1.29, 1.82) is 0 Å². The number of nitrogens with one attached hydrogen (secondary N) is 1. The average Bonchev–Trinajstić information content (AvgIpc) is 2.83. The molecule has 2 rings (SSSR count). The van der Waals surface area contributed by atoms with Crippen LogP contribution in [0.2, 0.25) is 0 Å². The Morgan fingerprint density at radius 3 is 3.05 bits per heavy atom. The molecular weight excluding hydrogens is 328 g/mol. The predicted octanol–water partition coefficient (Wildman–Crippen LogP) is 3.00. The van der Waals surface area contributed by atoms with E-state index in [1.165, 1.54) is 5.57 Å². The van der Waals surface area contributed by atoms with Gasteiger partial charge >= 0.3 is 6.03 Å². The highest BCUT2D eigenvalue weighted by Crippen LogP contribution is 2.21. The summed E-state index contributed by atoms with van der Waals surface area (Å²) in [5, 5.41) is 2.91. The molecule has 1 aromatic rings. The molecule has 2 heterocycles. The van der Waals surface area contributed by atoms with Crippen molar-refractivity contribution in [2.45, 2.75) is 13.0 Å². The summed E-state index contributed by atoms with van der Waals surface area (Å²) in [6.07, 6.45) is 3.09. The van der Waals surface area contributed by atoms with Crippen molar-refractivity contribution in [1.82, 2.24) is 10.2 Å². The van der Waals surface area contributed by atoms with E-state index in [0.29, 0.717) is 19.7 Å². The molecule has 0 aromatic carbocycles. The van der Waals surface area contributed by atoms with Gasteiger partial charge in [0.2, 0.25) is 0 Å². The molecule has 0 radical (unpaired) electrons. The smallest absolute Gasteiger partial charge is 0.317 e. The van der Waals surface area contributed by atoms with Gasteiger partial charge in [0.25, 0.3) is 0 Å². The Bertz CT molecular complexity index is 473. The Hall–Kier alpha value is -0.850. The van der Waals surface area contributed by atoms with Crippen molar-refractivity contribution in [3.8, 4) is 0 Å². The second-order valence-corrected chi connectivity index (χ2v) is 6.97. The fourth-order valence-electron chi connectivity index (χ4n) is 1.84. The van der Waals surface area contributed by atoms with E-state index in [9.17, 15) is 4.79 Å². The van der Waals surface area contributed by atoms with Gasteiger partial charge in [0, 0.05) is 18.5 Å². The first-order valence-electron chi connectivity index (χ1n) is 6.14. The van der Waals surface area contributed by atoms with Gasteiger partial charge in [-0.1, -0.05) is 6.08 Å². The molecule has 1 aliphatic heterocycles. The molecule has 1 aromatic heterocycles. The van der Waals surface area contributed by atoms with Crippen molar-refractivity contribution in [3.05, 3.63) is 32.4 Å². The maximum absolute atomic E-state index is 11.9. The quantitative estimate of drug-likeness (QED) is 0.853. The lowest BCUT2D eigenvalue weighted by Crippen LogP contribution is -2.38. The highest BCUT2D eigenvalue weighted by molar-refractivity contribution is 9.11. The Morgan fingerprint density at radius 1 is 1.58 bits per heavy atom. The topological polar surface area (TPSA) is 41.6 Å². The third-order valence-electron chi connectivity index (χ3n) is 2.81. The summed E-state index contributed by atoms with van der Waals surface area (Å²) in [5.74, 6) is 0. The van der Waals surface area contributed by atoms with Crippen LogP contribution >= 0.6 is 27.3 Å². The van der Waals surface area contributed by atoms with Crippen molar-refractivity contribution >= 4 is 33.3 Å². The van der Waals surface area contributed by atoms with E-state index < -0.39 is 0 Å². The number of likely N-dealkylation sites (N-methyl/N-ethyl adjacent to an activating group) is 1. The summed E-state index contributed by atoms with van der Waals surface area (Å²) in [5.41, 5.74) is 1.17. The van der Waals surface area contributed by atoms with Gasteiger partial charge in [0.15, 0.2) is 0 Å². The molecule has 1 aliphatic rings. The number of thiophene rings is 1. The number of rotatable bonds is 4. The van der Waals surface area contributed by atoms with Crippen LogP contribution in [0.3, 0.4) is 0 Å². The van der Waals surface area contributed by atoms with E-state index in [4.69, 9.17) is 4.74 Å². The van der Waals surface area contributed by atoms with Gasteiger partial charge in [-0.25, -0.2) is 4.79 Å². The highest BCUT2D eigenvalue weighted by Gasteiger charge is 2.12. The van der Waals surface area contributed by atoms with Crippen molar-refractivity contribution < 1.29 is 9.53 Å². The summed E-state index contributed by atoms with van der Waals surface area (Å²) in [7, 11) is 1.80. The molecule has 0 spiro atoms. The Labute approximate surface area is 125 Å². The molecule has 0 unspecified atom stereocenters. The monoisotopic (exact) mass is 344 g/mol. The molecule has 0 aliphatic carbocycles. The molecule has 104 valence electrons. The SMILES string of the molecule is CN(CC1=CCCOC1)C(=O)NCc1ccc(Br)s1. The van der Waals surface area contributed by atoms with E-state index in [2.05, 4.69) is 27.3 Å². The fourth-order valence-corrected chi connectivity index (χ4v) is 3.26. The fraction of sp³-hybridized carbons (Fsp3) is 0.462. The molecular formula is C13H17BrN2O2S. The lowest BCUT2D eigenvalue weighted by Gasteiger charge is -2.21. The molecule has 1 N–H and O–H groups in total. The van der Waals surface area contributed by atoms with Crippen LogP contribution in [0.1, 0.15) is 11.3 Å². The predicted molar refractivity (Wildman–Crippen MR) is 80.4 cm³/mol. The first kappa shape index (κ1) is 14.6. The maximum Gasteiger partial charge on any atom is 0.317 e. The molecule has 0 fully saturated rings. The number of carbonyl (C=O) groups is 1. The van der Waals surface area contributed by atoms with Crippen LogP contribution in [0.15, 0.2) is 27.6 Å². The largest absolute Gasteiger partial charge is 0.377 e. The molecule has 2 amide bonds. The summed E-state index contributed by atoms with van der Waals surface area (Å²) < 4.78 is 6.44. The second-order valence-electron chi connectivity index (χ2n) is 4.42. The van der Waals surface area contributed by atoms with Crippen LogP contribution in [-0.2, 0) is 11.3 Å². The first-order chi connectivity index (χ1) is 9.15. The zero-order valence-corrected chi connectivity index (χ0v) is 13.2. The Kier molecular flexibility index (Phi) is 5.42. The van der Waals surface area contributed by atoms with E-state index in [0.717, 1.165) is 21.7 Å². The van der Waals surface area contributed by atoms with E-state index in [-0.39, 0.29) is 6.03 Å². The number of halogens is 1. The van der Waals surface area contributed by atoms with E-state index in [1.807, 2.05) is 12.1 Å². The van der Waals surface area contributed by atoms with Crippen LogP contribution in [0, 0.1) is 0 Å². The number of carbonyl (C=O) groups excluding carboxylic acids is 1. The van der Waals surface area contributed by atoms with E-state index >= 15 is 0 Å². The summed E-state index contributed by atoms with van der Waals surface area (Å²) in [6, 6.07) is 3.93. The van der Waals surface area contributed by atoms with Crippen LogP contribution < -0.4 is 5.32 Å². The van der Waals surface area contributed by atoms with Gasteiger partial charge in [-0.3, -0.25) is 0 Å². The minimum absolute atomic E-state index is 0.0593. The minimum atomic E-state index is -0.0593.